The van der Waals surface area contributed by atoms with E-state index in [0.29, 0.717) is 0 Å². The van der Waals surface area contributed by atoms with Crippen LogP contribution in [0.3, 0.4) is 0 Å². The summed E-state index contributed by atoms with van der Waals surface area (Å²) in [4.78, 5) is 0. The van der Waals surface area contributed by atoms with Gasteiger partial charge in [-0.1, -0.05) is 61.7 Å². The summed E-state index contributed by atoms with van der Waals surface area (Å²) >= 11 is 11.7. The Balaban J connectivity index is 2.01. The second kappa shape index (κ2) is 8.19. The van der Waals surface area contributed by atoms with Crippen molar-refractivity contribution in [3.63, 3.8) is 0 Å². The molecule has 0 atom stereocenters. The molecule has 0 unspecified atom stereocenters. The summed E-state index contributed by atoms with van der Waals surface area (Å²) in [7, 11) is -3.45. The number of halogens is 2. The lowest BCUT2D eigenvalue weighted by Gasteiger charge is -2.30. The van der Waals surface area contributed by atoms with Crippen LogP contribution in [0.15, 0.2) is 10.3 Å². The molecule has 3 nitrogen and oxygen atoms in total. The Hall–Kier alpha value is 0.470. The van der Waals surface area contributed by atoms with Gasteiger partial charge in [0.2, 0.25) is 0 Å². The van der Waals surface area contributed by atoms with Crippen LogP contribution >= 0.6 is 30.8 Å². The molecule has 0 spiro atoms. The predicted octanol–water partition coefficient (Wildman–Crippen LogP) is 6.15. The molecule has 2 rings (SSSR count). The van der Waals surface area contributed by atoms with Gasteiger partial charge in [0.25, 0.3) is 0 Å². The fraction of sp³-hybridized carbons (Fsp3) is 0.857. The predicted molar refractivity (Wildman–Crippen MR) is 83.3 cm³/mol. The first-order chi connectivity index (χ1) is 9.64. The van der Waals surface area contributed by atoms with Gasteiger partial charge in [0.15, 0.2) is 0 Å². The summed E-state index contributed by atoms with van der Waals surface area (Å²) in [6.45, 7) is 0. The first-order valence-electron chi connectivity index (χ1n) is 7.57. The first kappa shape index (κ1) is 16.8. The molecule has 0 heterocycles. The maximum atomic E-state index is 13.0. The van der Waals surface area contributed by atoms with Crippen molar-refractivity contribution in [2.24, 2.45) is 0 Å². The van der Waals surface area contributed by atoms with E-state index in [4.69, 9.17) is 32.2 Å². The van der Waals surface area contributed by atoms with Gasteiger partial charge < -0.3 is 9.05 Å². The molecule has 0 amide bonds. The molecule has 0 bridgehead atoms. The van der Waals surface area contributed by atoms with E-state index in [9.17, 15) is 4.57 Å². The van der Waals surface area contributed by atoms with E-state index in [1.807, 2.05) is 0 Å². The van der Waals surface area contributed by atoms with E-state index in [1.54, 1.807) is 0 Å². The molecule has 0 N–H and O–H groups in total. The van der Waals surface area contributed by atoms with Crippen molar-refractivity contribution < 1.29 is 13.6 Å². The van der Waals surface area contributed by atoms with Gasteiger partial charge >= 0.3 is 7.60 Å². The fourth-order valence-corrected chi connectivity index (χ4v) is 5.09. The molecule has 0 aromatic heterocycles. The summed E-state index contributed by atoms with van der Waals surface area (Å²) in [5.41, 5.74) is 1.12. The summed E-state index contributed by atoms with van der Waals surface area (Å²) in [6.07, 6.45) is 10.5. The molecule has 0 aliphatic heterocycles. The van der Waals surface area contributed by atoms with Crippen LogP contribution in [0.5, 0.6) is 0 Å². The Bertz CT molecular complexity index is 351. The average molecular weight is 341 g/mol. The average Bonchev–Trinajstić information content (AvgIpc) is 2.48. The van der Waals surface area contributed by atoms with Gasteiger partial charge in [-0.3, -0.25) is 4.57 Å². The van der Waals surface area contributed by atoms with Crippen LogP contribution in [0.4, 0.5) is 0 Å². The van der Waals surface area contributed by atoms with Crippen molar-refractivity contribution in [1.82, 2.24) is 0 Å². The minimum Gasteiger partial charge on any atom is -0.301 e. The topological polar surface area (TPSA) is 35.5 Å². The van der Waals surface area contributed by atoms with E-state index in [2.05, 4.69) is 0 Å². The van der Waals surface area contributed by atoms with E-state index in [-0.39, 0.29) is 17.0 Å². The normalized spacial score (nSPS) is 24.0. The first-order valence-corrected chi connectivity index (χ1v) is 9.93. The molecule has 2 aliphatic rings. The molecule has 6 heteroatoms. The van der Waals surface area contributed by atoms with Crippen LogP contribution in [-0.4, -0.2) is 12.2 Å². The lowest BCUT2D eigenvalue weighted by Crippen LogP contribution is -2.20. The van der Waals surface area contributed by atoms with Crippen LogP contribution < -0.4 is 0 Å². The van der Waals surface area contributed by atoms with Gasteiger partial charge in [0.1, 0.15) is 4.77 Å². The maximum absolute atomic E-state index is 13.0. The summed E-state index contributed by atoms with van der Waals surface area (Å²) in [5.74, 6) is 0. The molecule has 2 saturated carbocycles. The highest BCUT2D eigenvalue weighted by Crippen LogP contribution is 2.61. The Morgan fingerprint density at radius 3 is 1.65 bits per heavy atom. The third kappa shape index (κ3) is 4.74. The summed E-state index contributed by atoms with van der Waals surface area (Å²) < 4.78 is 24.5. The highest BCUT2D eigenvalue weighted by atomic mass is 35.5. The minimum absolute atomic E-state index is 0.00955. The zero-order valence-corrected chi connectivity index (χ0v) is 14.1. The quantitative estimate of drug-likeness (QED) is 0.562. The van der Waals surface area contributed by atoms with Crippen LogP contribution in [-0.2, 0) is 13.6 Å². The lowest BCUT2D eigenvalue weighted by molar-refractivity contribution is 0.0834. The third-order valence-electron chi connectivity index (χ3n) is 4.03. The van der Waals surface area contributed by atoms with Crippen molar-refractivity contribution >= 4 is 30.8 Å². The largest absolute Gasteiger partial charge is 0.374 e. The second-order valence-corrected chi connectivity index (χ2v) is 8.45. The lowest BCUT2D eigenvalue weighted by atomic mass is 9.98. The second-order valence-electron chi connectivity index (χ2n) is 5.66. The molecule has 116 valence electrons. The molecular formula is C14H23Cl2O3P. The van der Waals surface area contributed by atoms with Crippen LogP contribution in [0.2, 0.25) is 0 Å². The van der Waals surface area contributed by atoms with Crippen LogP contribution in [0.1, 0.15) is 64.2 Å². The Morgan fingerprint density at radius 2 is 1.30 bits per heavy atom. The van der Waals surface area contributed by atoms with Gasteiger partial charge in [-0.05, 0) is 25.7 Å². The van der Waals surface area contributed by atoms with Crippen LogP contribution in [0, 0.1) is 0 Å². The monoisotopic (exact) mass is 340 g/mol. The van der Waals surface area contributed by atoms with E-state index < -0.39 is 7.60 Å². The molecular weight excluding hydrogens is 318 g/mol. The Morgan fingerprint density at radius 1 is 0.900 bits per heavy atom. The Kier molecular flexibility index (Phi) is 6.90. The molecule has 2 aliphatic carbocycles. The van der Waals surface area contributed by atoms with Crippen LogP contribution in [0.25, 0.3) is 0 Å². The zero-order chi connectivity index (χ0) is 14.4. The van der Waals surface area contributed by atoms with Gasteiger partial charge in [-0.25, -0.2) is 0 Å². The van der Waals surface area contributed by atoms with E-state index in [1.165, 1.54) is 12.8 Å². The van der Waals surface area contributed by atoms with E-state index in [0.717, 1.165) is 56.9 Å². The van der Waals surface area contributed by atoms with Gasteiger partial charge in [0.05, 0.1) is 12.2 Å². The SMILES string of the molecule is O=P(OC1CCCCC1)(OC1CCCCC1)/C(Cl)=C\Cl. The van der Waals surface area contributed by atoms with Crippen molar-refractivity contribution in [2.45, 2.75) is 76.4 Å². The van der Waals surface area contributed by atoms with Crippen molar-refractivity contribution in [1.29, 1.82) is 0 Å². The highest BCUT2D eigenvalue weighted by Gasteiger charge is 2.36. The summed E-state index contributed by atoms with van der Waals surface area (Å²) in [5, 5.41) is 0. The maximum Gasteiger partial charge on any atom is 0.374 e. The van der Waals surface area contributed by atoms with Gasteiger partial charge in [0, 0.05) is 5.54 Å². The summed E-state index contributed by atoms with van der Waals surface area (Å²) in [6, 6.07) is 0. The Labute approximate surface area is 131 Å². The molecule has 0 saturated heterocycles. The third-order valence-corrected chi connectivity index (χ3v) is 7.05. The number of rotatable bonds is 5. The molecule has 0 aromatic carbocycles. The number of hydrogen-bond donors (Lipinski definition) is 0. The van der Waals surface area contributed by atoms with Crippen molar-refractivity contribution in [3.8, 4) is 0 Å². The highest BCUT2D eigenvalue weighted by molar-refractivity contribution is 7.61. The smallest absolute Gasteiger partial charge is 0.301 e. The van der Waals surface area contributed by atoms with Crippen molar-refractivity contribution in [3.05, 3.63) is 10.3 Å². The molecule has 0 aromatic rings. The fourth-order valence-electron chi connectivity index (χ4n) is 2.92. The molecule has 20 heavy (non-hydrogen) atoms. The van der Waals surface area contributed by atoms with E-state index >= 15 is 0 Å². The molecule has 2 fully saturated rings. The van der Waals surface area contributed by atoms with Crippen molar-refractivity contribution in [2.75, 3.05) is 0 Å². The molecule has 0 radical (unpaired) electrons. The van der Waals surface area contributed by atoms with Gasteiger partial charge in [-0.2, -0.15) is 0 Å². The number of hydrogen-bond acceptors (Lipinski definition) is 3. The standard InChI is InChI=1S/C14H23Cl2O3P/c15-11-14(16)20(17,18-12-7-3-1-4-8-12)19-13-9-5-2-6-10-13/h11-13H,1-10H2/b14-11-. The van der Waals surface area contributed by atoms with Gasteiger partial charge in [-0.15, -0.1) is 0 Å². The zero-order valence-electron chi connectivity index (χ0n) is 11.7. The minimum atomic E-state index is -3.45.